The Kier molecular flexibility index (Phi) is 3.64. The normalized spacial score (nSPS) is 11.8. The van der Waals surface area contributed by atoms with Gasteiger partial charge in [-0.1, -0.05) is 26.0 Å². The maximum absolute atomic E-state index is 11.1. The third-order valence-corrected chi connectivity index (χ3v) is 2.41. The molecule has 0 aliphatic carbocycles. The van der Waals surface area contributed by atoms with Crippen molar-refractivity contribution in [1.82, 2.24) is 15.0 Å². The fourth-order valence-electron chi connectivity index (χ4n) is 1.46. The molecule has 1 aromatic heterocycles. The van der Waals surface area contributed by atoms with E-state index >= 15 is 0 Å². The average molecular weight is 226 g/mol. The van der Waals surface area contributed by atoms with Crippen molar-refractivity contribution in [3.8, 4) is 0 Å². The quantitative estimate of drug-likeness (QED) is 0.736. The molecule has 0 fully saturated rings. The van der Waals surface area contributed by atoms with Gasteiger partial charge in [-0.25, -0.2) is 4.68 Å². The molecule has 3 N–H and O–H groups in total. The van der Waals surface area contributed by atoms with E-state index in [1.54, 1.807) is 4.68 Å². The second-order valence-electron chi connectivity index (χ2n) is 4.58. The van der Waals surface area contributed by atoms with E-state index in [1.807, 2.05) is 20.8 Å². The number of nitrogens with zero attached hydrogens (tertiary/aromatic N) is 3. The maximum atomic E-state index is 11.1. The van der Waals surface area contributed by atoms with Crippen LogP contribution >= 0.6 is 0 Å². The van der Waals surface area contributed by atoms with Gasteiger partial charge in [-0.15, -0.1) is 5.10 Å². The van der Waals surface area contributed by atoms with Crippen LogP contribution in [0.5, 0.6) is 0 Å². The Balaban J connectivity index is 3.02. The van der Waals surface area contributed by atoms with E-state index in [-0.39, 0.29) is 17.7 Å². The first-order chi connectivity index (χ1) is 7.41. The molecular formula is C10H18N4O2. The van der Waals surface area contributed by atoms with Crippen LogP contribution in [-0.2, 0) is 13.0 Å². The second-order valence-corrected chi connectivity index (χ2v) is 4.58. The highest BCUT2D eigenvalue weighted by Gasteiger charge is 2.22. The lowest BCUT2D eigenvalue weighted by molar-refractivity contribution is 0.0994. The van der Waals surface area contributed by atoms with E-state index in [4.69, 9.17) is 5.73 Å². The minimum atomic E-state index is -0.565. The van der Waals surface area contributed by atoms with Crippen LogP contribution in [0.2, 0.25) is 0 Å². The van der Waals surface area contributed by atoms with Gasteiger partial charge in [0.1, 0.15) is 0 Å². The Morgan fingerprint density at radius 1 is 1.56 bits per heavy atom. The number of carbonyl (C=O) groups excluding carboxylic acids is 1. The largest absolute Gasteiger partial charge is 0.396 e. The number of hydrogen-bond donors (Lipinski definition) is 2. The Hall–Kier alpha value is -1.43. The SMILES string of the molecule is CCc1c(C(N)=O)nnn1CC(C)(C)CO. The van der Waals surface area contributed by atoms with Crippen LogP contribution in [0.15, 0.2) is 0 Å². The van der Waals surface area contributed by atoms with E-state index in [1.165, 1.54) is 0 Å². The van der Waals surface area contributed by atoms with Crippen LogP contribution < -0.4 is 5.73 Å². The highest BCUT2D eigenvalue weighted by atomic mass is 16.3. The molecule has 0 radical (unpaired) electrons. The molecule has 0 saturated heterocycles. The smallest absolute Gasteiger partial charge is 0.271 e. The molecule has 0 atom stereocenters. The zero-order chi connectivity index (χ0) is 12.3. The summed E-state index contributed by atoms with van der Waals surface area (Å²) in [5.41, 5.74) is 5.83. The Morgan fingerprint density at radius 2 is 2.19 bits per heavy atom. The van der Waals surface area contributed by atoms with Crippen LogP contribution in [0.1, 0.15) is 37.0 Å². The van der Waals surface area contributed by atoms with Gasteiger partial charge in [0.15, 0.2) is 5.69 Å². The molecule has 0 unspecified atom stereocenters. The lowest BCUT2D eigenvalue weighted by Crippen LogP contribution is -2.26. The van der Waals surface area contributed by atoms with E-state index < -0.39 is 5.91 Å². The van der Waals surface area contributed by atoms with Gasteiger partial charge in [-0.2, -0.15) is 0 Å². The molecule has 0 aliphatic rings. The molecule has 1 amide bonds. The standard InChI is InChI=1S/C10H18N4O2/c1-4-7-8(9(11)16)12-13-14(7)5-10(2,3)6-15/h15H,4-6H2,1-3H3,(H2,11,16). The van der Waals surface area contributed by atoms with Crippen LogP contribution in [0, 0.1) is 5.41 Å². The number of amides is 1. The van der Waals surface area contributed by atoms with Crippen molar-refractivity contribution in [2.45, 2.75) is 33.7 Å². The zero-order valence-corrected chi connectivity index (χ0v) is 9.90. The Labute approximate surface area is 94.4 Å². The van der Waals surface area contributed by atoms with E-state index in [0.29, 0.717) is 18.7 Å². The molecule has 0 spiro atoms. The number of rotatable bonds is 5. The Bertz CT molecular complexity index is 384. The van der Waals surface area contributed by atoms with E-state index in [2.05, 4.69) is 10.3 Å². The van der Waals surface area contributed by atoms with Crippen LogP contribution in [0.4, 0.5) is 0 Å². The van der Waals surface area contributed by atoms with Gasteiger partial charge < -0.3 is 10.8 Å². The van der Waals surface area contributed by atoms with Gasteiger partial charge in [-0.3, -0.25) is 4.79 Å². The first-order valence-corrected chi connectivity index (χ1v) is 5.24. The molecule has 1 aromatic rings. The number of aliphatic hydroxyl groups excluding tert-OH is 1. The van der Waals surface area contributed by atoms with Crippen molar-refractivity contribution >= 4 is 5.91 Å². The second kappa shape index (κ2) is 4.61. The summed E-state index contributed by atoms with van der Waals surface area (Å²) in [5, 5.41) is 16.8. The molecule has 1 rings (SSSR count). The monoisotopic (exact) mass is 226 g/mol. The predicted molar refractivity (Wildman–Crippen MR) is 58.8 cm³/mol. The van der Waals surface area contributed by atoms with Crippen molar-refractivity contribution in [2.75, 3.05) is 6.61 Å². The van der Waals surface area contributed by atoms with Crippen molar-refractivity contribution in [2.24, 2.45) is 11.1 Å². The molecule has 16 heavy (non-hydrogen) atoms. The minimum Gasteiger partial charge on any atom is -0.396 e. The molecule has 90 valence electrons. The molecule has 6 nitrogen and oxygen atoms in total. The summed E-state index contributed by atoms with van der Waals surface area (Å²) in [7, 11) is 0. The molecule has 1 heterocycles. The van der Waals surface area contributed by atoms with Gasteiger partial charge in [0.2, 0.25) is 0 Å². The van der Waals surface area contributed by atoms with Crippen molar-refractivity contribution in [3.05, 3.63) is 11.4 Å². The number of nitrogens with two attached hydrogens (primary N) is 1. The van der Waals surface area contributed by atoms with Gasteiger partial charge in [0.25, 0.3) is 5.91 Å². The van der Waals surface area contributed by atoms with Gasteiger partial charge in [0.05, 0.1) is 12.2 Å². The third-order valence-electron chi connectivity index (χ3n) is 2.41. The molecule has 0 aliphatic heterocycles. The Morgan fingerprint density at radius 3 is 2.62 bits per heavy atom. The lowest BCUT2D eigenvalue weighted by Gasteiger charge is -2.21. The van der Waals surface area contributed by atoms with Crippen molar-refractivity contribution in [3.63, 3.8) is 0 Å². The summed E-state index contributed by atoms with van der Waals surface area (Å²) in [6, 6.07) is 0. The maximum Gasteiger partial charge on any atom is 0.271 e. The van der Waals surface area contributed by atoms with Gasteiger partial charge in [-0.05, 0) is 6.42 Å². The third kappa shape index (κ3) is 2.57. The van der Waals surface area contributed by atoms with Crippen LogP contribution in [-0.4, -0.2) is 32.6 Å². The molecule has 0 aromatic carbocycles. The number of primary amides is 1. The highest BCUT2D eigenvalue weighted by Crippen LogP contribution is 2.18. The van der Waals surface area contributed by atoms with E-state index in [0.717, 1.165) is 0 Å². The van der Waals surface area contributed by atoms with Crippen LogP contribution in [0.25, 0.3) is 0 Å². The average Bonchev–Trinajstić information content (AvgIpc) is 2.60. The number of hydrogen-bond acceptors (Lipinski definition) is 4. The first kappa shape index (κ1) is 12.6. The molecule has 0 saturated carbocycles. The first-order valence-electron chi connectivity index (χ1n) is 5.24. The summed E-state index contributed by atoms with van der Waals surface area (Å²) in [5.74, 6) is -0.565. The fraction of sp³-hybridized carbons (Fsp3) is 0.700. The fourth-order valence-corrected chi connectivity index (χ4v) is 1.46. The van der Waals surface area contributed by atoms with E-state index in [9.17, 15) is 9.90 Å². The van der Waals surface area contributed by atoms with Gasteiger partial charge in [0, 0.05) is 12.0 Å². The summed E-state index contributed by atoms with van der Waals surface area (Å²) in [6.45, 7) is 6.29. The summed E-state index contributed by atoms with van der Waals surface area (Å²) in [4.78, 5) is 11.1. The number of carbonyl (C=O) groups is 1. The highest BCUT2D eigenvalue weighted by molar-refractivity contribution is 5.91. The van der Waals surface area contributed by atoms with Gasteiger partial charge >= 0.3 is 0 Å². The van der Waals surface area contributed by atoms with Crippen molar-refractivity contribution in [1.29, 1.82) is 0 Å². The lowest BCUT2D eigenvalue weighted by atomic mass is 9.95. The molecule has 6 heteroatoms. The minimum absolute atomic E-state index is 0.0436. The number of aliphatic hydroxyl groups is 1. The zero-order valence-electron chi connectivity index (χ0n) is 9.90. The summed E-state index contributed by atoms with van der Waals surface area (Å²) in [6.07, 6.45) is 0.632. The molecule has 0 bridgehead atoms. The predicted octanol–water partition coefficient (Wildman–Crippen LogP) is -0.0421. The summed E-state index contributed by atoms with van der Waals surface area (Å²) < 4.78 is 1.64. The topological polar surface area (TPSA) is 94.0 Å². The number of aromatic nitrogens is 3. The van der Waals surface area contributed by atoms with Crippen molar-refractivity contribution < 1.29 is 9.90 Å². The summed E-state index contributed by atoms with van der Waals surface area (Å²) >= 11 is 0. The molecular weight excluding hydrogens is 208 g/mol. The van der Waals surface area contributed by atoms with Crippen LogP contribution in [0.3, 0.4) is 0 Å².